The molecule has 0 rings (SSSR count). The number of hydrogen-bond donors (Lipinski definition) is 0. The van der Waals surface area contributed by atoms with E-state index in [-0.39, 0.29) is 5.75 Å². The molecule has 0 spiro atoms. The van der Waals surface area contributed by atoms with E-state index in [1.807, 2.05) is 0 Å². The minimum absolute atomic E-state index is 0.262. The molecule has 1 nitrogen and oxygen atoms in total. The molecule has 0 N–H and O–H groups in total. The summed E-state index contributed by atoms with van der Waals surface area (Å²) >= 11 is 0.997. The lowest BCUT2D eigenvalue weighted by molar-refractivity contribution is -0.105. The topological polar surface area (TPSA) is 17.1 Å². The molecule has 0 amide bonds. The van der Waals surface area contributed by atoms with Gasteiger partial charge >= 0.3 is 0 Å². The summed E-state index contributed by atoms with van der Waals surface area (Å²) in [5, 5.41) is 0. The molecule has 0 radical (unpaired) electrons. The summed E-state index contributed by atoms with van der Waals surface area (Å²) in [5.74, 6) is 0.262. The van der Waals surface area contributed by atoms with Crippen LogP contribution in [0.4, 0.5) is 4.39 Å². The first kappa shape index (κ1) is 6.95. The number of thioether (sulfide) groups is 1. The van der Waals surface area contributed by atoms with Crippen LogP contribution in [0.25, 0.3) is 0 Å². The first-order chi connectivity index (χ1) is 3.27. The average molecular weight is 122 g/mol. The Morgan fingerprint density at radius 1 is 2.00 bits per heavy atom. The molecule has 3 heteroatoms. The van der Waals surface area contributed by atoms with Crippen molar-refractivity contribution in [1.29, 1.82) is 0 Å². The Morgan fingerprint density at radius 2 is 2.57 bits per heavy atom. The number of carbonyl (C=O) groups excluding carboxylic acids is 1. The molecule has 0 fully saturated rings. The maximum atomic E-state index is 11.7. The Labute approximate surface area is 46.3 Å². The Hall–Kier alpha value is -0.0500. The van der Waals surface area contributed by atoms with Gasteiger partial charge in [-0.25, -0.2) is 4.39 Å². The molecule has 0 saturated carbocycles. The summed E-state index contributed by atoms with van der Waals surface area (Å²) in [6.45, 7) is 1.41. The molecule has 0 heterocycles. The monoisotopic (exact) mass is 122 g/mol. The molecule has 1 unspecified atom stereocenters. The van der Waals surface area contributed by atoms with Crippen LogP contribution < -0.4 is 0 Å². The Kier molecular flexibility index (Phi) is 4.09. The standard InChI is InChI=1S/C4H7FOS/c1-4(5)7-3-2-6/h2,4H,3H2,1H3. The van der Waals surface area contributed by atoms with E-state index in [1.54, 1.807) is 0 Å². The zero-order valence-electron chi connectivity index (χ0n) is 4.06. The first-order valence-electron chi connectivity index (χ1n) is 1.96. The fourth-order valence-electron chi connectivity index (χ4n) is 0.172. The van der Waals surface area contributed by atoms with E-state index in [0.29, 0.717) is 6.29 Å². The highest BCUT2D eigenvalue weighted by atomic mass is 32.2. The SMILES string of the molecule is CC(F)SCC=O. The molecular weight excluding hydrogens is 115 g/mol. The van der Waals surface area contributed by atoms with Crippen LogP contribution in [0.2, 0.25) is 0 Å². The van der Waals surface area contributed by atoms with Crippen LogP contribution in [0.3, 0.4) is 0 Å². The Bertz CT molecular complexity index is 55.7. The van der Waals surface area contributed by atoms with Gasteiger partial charge in [0.1, 0.15) is 11.8 Å². The van der Waals surface area contributed by atoms with Gasteiger partial charge in [0, 0.05) is 0 Å². The van der Waals surface area contributed by atoms with Crippen molar-refractivity contribution in [1.82, 2.24) is 0 Å². The van der Waals surface area contributed by atoms with Gasteiger partial charge in [-0.1, -0.05) is 0 Å². The summed E-state index contributed by atoms with van der Waals surface area (Å²) in [7, 11) is 0. The first-order valence-corrected chi connectivity index (χ1v) is 3.01. The highest BCUT2D eigenvalue weighted by molar-refractivity contribution is 8.00. The fraction of sp³-hybridized carbons (Fsp3) is 0.750. The number of hydrogen-bond acceptors (Lipinski definition) is 2. The van der Waals surface area contributed by atoms with Gasteiger partial charge in [0.15, 0.2) is 0 Å². The molecule has 0 saturated heterocycles. The average Bonchev–Trinajstić information content (AvgIpc) is 1.61. The lowest BCUT2D eigenvalue weighted by atomic mass is 10.9. The smallest absolute Gasteiger partial charge is 0.143 e. The molecule has 0 aromatic heterocycles. The second-order valence-corrected chi connectivity index (χ2v) is 2.36. The normalized spacial score (nSPS) is 13.4. The Balaban J connectivity index is 2.81. The molecule has 0 aliphatic rings. The van der Waals surface area contributed by atoms with Crippen molar-refractivity contribution in [2.45, 2.75) is 12.4 Å². The fourth-order valence-corrected chi connectivity index (χ4v) is 0.516. The molecule has 0 aromatic rings. The second kappa shape index (κ2) is 4.12. The minimum atomic E-state index is -0.912. The second-order valence-electron chi connectivity index (χ2n) is 1.04. The van der Waals surface area contributed by atoms with E-state index in [4.69, 9.17) is 0 Å². The quantitative estimate of drug-likeness (QED) is 0.524. The molecule has 0 aliphatic heterocycles. The van der Waals surface area contributed by atoms with Crippen LogP contribution in [0, 0.1) is 0 Å². The molecular formula is C4H7FOS. The van der Waals surface area contributed by atoms with Crippen LogP contribution in [0.5, 0.6) is 0 Å². The van der Waals surface area contributed by atoms with Crippen molar-refractivity contribution in [2.75, 3.05) is 5.75 Å². The summed E-state index contributed by atoms with van der Waals surface area (Å²) in [6, 6.07) is 0. The van der Waals surface area contributed by atoms with Gasteiger partial charge in [0.05, 0.1) is 5.75 Å². The minimum Gasteiger partial charge on any atom is -0.302 e. The Morgan fingerprint density at radius 3 is 2.71 bits per heavy atom. The number of aldehydes is 1. The number of rotatable bonds is 3. The predicted molar refractivity (Wildman–Crippen MR) is 29.1 cm³/mol. The van der Waals surface area contributed by atoms with Gasteiger partial charge in [0.25, 0.3) is 0 Å². The van der Waals surface area contributed by atoms with E-state index in [0.717, 1.165) is 11.8 Å². The van der Waals surface area contributed by atoms with Crippen LogP contribution in [0.15, 0.2) is 0 Å². The van der Waals surface area contributed by atoms with E-state index in [2.05, 4.69) is 0 Å². The highest BCUT2D eigenvalue weighted by Crippen LogP contribution is 2.07. The summed E-state index contributed by atoms with van der Waals surface area (Å²) in [6.07, 6.45) is 0.695. The molecule has 42 valence electrons. The number of halogens is 1. The summed E-state index contributed by atoms with van der Waals surface area (Å²) < 4.78 is 11.7. The molecule has 0 bridgehead atoms. The zero-order chi connectivity index (χ0) is 5.70. The van der Waals surface area contributed by atoms with Gasteiger partial charge in [0.2, 0.25) is 0 Å². The number of carbonyl (C=O) groups is 1. The van der Waals surface area contributed by atoms with E-state index in [1.165, 1.54) is 6.92 Å². The lowest BCUT2D eigenvalue weighted by Crippen LogP contribution is -1.86. The van der Waals surface area contributed by atoms with Gasteiger partial charge in [-0.05, 0) is 6.92 Å². The van der Waals surface area contributed by atoms with E-state index >= 15 is 0 Å². The van der Waals surface area contributed by atoms with Crippen molar-refractivity contribution in [3.8, 4) is 0 Å². The maximum absolute atomic E-state index is 11.7. The van der Waals surface area contributed by atoms with E-state index < -0.39 is 5.50 Å². The number of alkyl halides is 1. The van der Waals surface area contributed by atoms with Crippen LogP contribution in [-0.2, 0) is 4.79 Å². The van der Waals surface area contributed by atoms with Crippen LogP contribution >= 0.6 is 11.8 Å². The van der Waals surface area contributed by atoms with Gasteiger partial charge in [-0.2, -0.15) is 0 Å². The van der Waals surface area contributed by atoms with Gasteiger partial charge in [-0.3, -0.25) is 0 Å². The molecule has 0 aromatic carbocycles. The zero-order valence-corrected chi connectivity index (χ0v) is 4.87. The van der Waals surface area contributed by atoms with Crippen LogP contribution in [0.1, 0.15) is 6.92 Å². The molecule has 0 aliphatic carbocycles. The maximum Gasteiger partial charge on any atom is 0.143 e. The van der Waals surface area contributed by atoms with Crippen molar-refractivity contribution in [3.63, 3.8) is 0 Å². The lowest BCUT2D eigenvalue weighted by Gasteiger charge is -1.91. The van der Waals surface area contributed by atoms with Crippen LogP contribution in [-0.4, -0.2) is 17.5 Å². The largest absolute Gasteiger partial charge is 0.302 e. The van der Waals surface area contributed by atoms with Crippen molar-refractivity contribution in [3.05, 3.63) is 0 Å². The predicted octanol–water partition coefficient (Wildman–Crippen LogP) is 1.23. The third kappa shape index (κ3) is 5.95. The third-order valence-electron chi connectivity index (χ3n) is 0.394. The third-order valence-corrected chi connectivity index (χ3v) is 1.18. The van der Waals surface area contributed by atoms with Crippen molar-refractivity contribution < 1.29 is 9.18 Å². The van der Waals surface area contributed by atoms with Crippen molar-refractivity contribution >= 4 is 18.0 Å². The van der Waals surface area contributed by atoms with Crippen molar-refractivity contribution in [2.24, 2.45) is 0 Å². The summed E-state index contributed by atoms with van der Waals surface area (Å²) in [4.78, 5) is 9.52. The molecule has 1 atom stereocenters. The summed E-state index contributed by atoms with van der Waals surface area (Å²) in [5.41, 5.74) is -0.912. The molecule has 7 heavy (non-hydrogen) atoms. The van der Waals surface area contributed by atoms with Gasteiger partial charge in [-0.15, -0.1) is 11.8 Å². The van der Waals surface area contributed by atoms with Gasteiger partial charge < -0.3 is 4.79 Å². The highest BCUT2D eigenvalue weighted by Gasteiger charge is 1.93. The van der Waals surface area contributed by atoms with E-state index in [9.17, 15) is 9.18 Å².